The van der Waals surface area contributed by atoms with Crippen LogP contribution in [0.2, 0.25) is 0 Å². The summed E-state index contributed by atoms with van der Waals surface area (Å²) >= 11 is 0. The molecule has 1 aromatic heterocycles. The third kappa shape index (κ3) is 4.39. The molecule has 0 saturated heterocycles. The first-order valence-corrected chi connectivity index (χ1v) is 9.13. The minimum absolute atomic E-state index is 0.0484. The van der Waals surface area contributed by atoms with Gasteiger partial charge in [-0.15, -0.1) is 0 Å². The van der Waals surface area contributed by atoms with Crippen LogP contribution in [0.15, 0.2) is 42.7 Å². The van der Waals surface area contributed by atoms with Gasteiger partial charge < -0.3 is 10.2 Å². The van der Waals surface area contributed by atoms with Crippen molar-refractivity contribution in [2.45, 2.75) is 33.1 Å². The van der Waals surface area contributed by atoms with Gasteiger partial charge >= 0.3 is 0 Å². The number of nitrogens with zero attached hydrogens (tertiary/aromatic N) is 2. The number of benzene rings is 1. The van der Waals surface area contributed by atoms with Gasteiger partial charge in [-0.3, -0.25) is 19.4 Å². The largest absolute Gasteiger partial charge is 0.326 e. The van der Waals surface area contributed by atoms with Crippen molar-refractivity contribution >= 4 is 29.0 Å². The average molecular weight is 365 g/mol. The van der Waals surface area contributed by atoms with Crippen LogP contribution in [0, 0.1) is 5.92 Å². The number of hydrogen-bond acceptors (Lipinski definition) is 4. The van der Waals surface area contributed by atoms with Gasteiger partial charge in [0.1, 0.15) is 0 Å². The molecule has 6 nitrogen and oxygen atoms in total. The predicted octanol–water partition coefficient (Wildman–Crippen LogP) is 3.23. The molecule has 0 atom stereocenters. The summed E-state index contributed by atoms with van der Waals surface area (Å²) in [6, 6.07) is 8.97. The first-order chi connectivity index (χ1) is 13.0. The standard InChI is InChI=1S/C21H23N3O3/c1-14(2)21(27)24-11-9-15-12-17(5-6-18(15)24)23-20(26)8-7-19(25)16-4-3-10-22-13-16/h3-6,10,12-14H,7-9,11H2,1-2H3,(H,23,26). The van der Waals surface area contributed by atoms with Crippen LogP contribution in [0.1, 0.15) is 42.6 Å². The van der Waals surface area contributed by atoms with Crippen LogP contribution in [-0.2, 0) is 16.0 Å². The summed E-state index contributed by atoms with van der Waals surface area (Å²) in [5.74, 6) is -0.248. The van der Waals surface area contributed by atoms with E-state index in [4.69, 9.17) is 0 Å². The molecule has 3 rings (SSSR count). The number of aromatic nitrogens is 1. The van der Waals surface area contributed by atoms with Gasteiger partial charge in [0.05, 0.1) is 0 Å². The molecule has 140 valence electrons. The second kappa shape index (κ2) is 8.12. The fourth-order valence-electron chi connectivity index (χ4n) is 3.14. The van der Waals surface area contributed by atoms with Gasteiger partial charge in [-0.2, -0.15) is 0 Å². The van der Waals surface area contributed by atoms with E-state index < -0.39 is 0 Å². The minimum atomic E-state index is -0.208. The molecule has 2 amide bonds. The molecule has 2 aromatic rings. The number of anilines is 2. The van der Waals surface area contributed by atoms with E-state index in [0.29, 0.717) is 17.8 Å². The van der Waals surface area contributed by atoms with Crippen molar-refractivity contribution in [2.24, 2.45) is 5.92 Å². The maximum absolute atomic E-state index is 12.3. The van der Waals surface area contributed by atoms with Gasteiger partial charge in [-0.1, -0.05) is 13.8 Å². The maximum atomic E-state index is 12.3. The highest BCUT2D eigenvalue weighted by Crippen LogP contribution is 2.31. The Labute approximate surface area is 158 Å². The average Bonchev–Trinajstić information content (AvgIpc) is 3.09. The number of carbonyl (C=O) groups excluding carboxylic acids is 3. The van der Waals surface area contributed by atoms with Crippen molar-refractivity contribution < 1.29 is 14.4 Å². The van der Waals surface area contributed by atoms with Gasteiger partial charge in [0, 0.05) is 54.6 Å². The topological polar surface area (TPSA) is 79.4 Å². The highest BCUT2D eigenvalue weighted by molar-refractivity contribution is 6.00. The number of fused-ring (bicyclic) bond motifs is 1. The summed E-state index contributed by atoms with van der Waals surface area (Å²) in [4.78, 5) is 42.2. The van der Waals surface area contributed by atoms with Crippen molar-refractivity contribution in [3.63, 3.8) is 0 Å². The van der Waals surface area contributed by atoms with Crippen molar-refractivity contribution in [1.82, 2.24) is 4.98 Å². The molecule has 1 aliphatic rings. The van der Waals surface area contributed by atoms with Crippen LogP contribution in [0.4, 0.5) is 11.4 Å². The van der Waals surface area contributed by atoms with E-state index in [-0.39, 0.29) is 36.4 Å². The van der Waals surface area contributed by atoms with E-state index in [9.17, 15) is 14.4 Å². The van der Waals surface area contributed by atoms with Crippen molar-refractivity contribution in [3.8, 4) is 0 Å². The molecule has 1 N–H and O–H groups in total. The lowest BCUT2D eigenvalue weighted by molar-refractivity contribution is -0.121. The van der Waals surface area contributed by atoms with E-state index in [1.165, 1.54) is 6.20 Å². The Morgan fingerprint density at radius 3 is 2.70 bits per heavy atom. The molecule has 0 saturated carbocycles. The van der Waals surface area contributed by atoms with E-state index in [1.807, 2.05) is 26.0 Å². The molecule has 1 aliphatic heterocycles. The van der Waals surface area contributed by atoms with E-state index in [0.717, 1.165) is 17.7 Å². The van der Waals surface area contributed by atoms with Gasteiger partial charge in [0.2, 0.25) is 11.8 Å². The SMILES string of the molecule is CC(C)C(=O)N1CCc2cc(NC(=O)CCC(=O)c3cccnc3)ccc21. The second-order valence-electron chi connectivity index (χ2n) is 6.95. The lowest BCUT2D eigenvalue weighted by Gasteiger charge is -2.19. The zero-order chi connectivity index (χ0) is 19.4. The number of rotatable bonds is 6. The predicted molar refractivity (Wildman–Crippen MR) is 104 cm³/mol. The van der Waals surface area contributed by atoms with Gasteiger partial charge in [-0.05, 0) is 42.3 Å². The second-order valence-corrected chi connectivity index (χ2v) is 6.95. The Bertz CT molecular complexity index is 862. The molecule has 0 unspecified atom stereocenters. The van der Waals surface area contributed by atoms with Crippen molar-refractivity contribution in [2.75, 3.05) is 16.8 Å². The number of hydrogen-bond donors (Lipinski definition) is 1. The van der Waals surface area contributed by atoms with Crippen LogP contribution in [-0.4, -0.2) is 29.1 Å². The summed E-state index contributed by atoms with van der Waals surface area (Å²) in [5.41, 5.74) is 3.16. The molecule has 27 heavy (non-hydrogen) atoms. The zero-order valence-electron chi connectivity index (χ0n) is 15.6. The maximum Gasteiger partial charge on any atom is 0.229 e. The lowest BCUT2D eigenvalue weighted by Crippen LogP contribution is -2.32. The van der Waals surface area contributed by atoms with E-state index in [1.54, 1.807) is 29.3 Å². The summed E-state index contributed by atoms with van der Waals surface area (Å²) in [7, 11) is 0. The summed E-state index contributed by atoms with van der Waals surface area (Å²) in [5, 5.41) is 2.84. The van der Waals surface area contributed by atoms with Crippen LogP contribution in [0.25, 0.3) is 0 Å². The Morgan fingerprint density at radius 1 is 1.19 bits per heavy atom. The summed E-state index contributed by atoms with van der Waals surface area (Å²) < 4.78 is 0. The molecule has 2 heterocycles. The number of ketones is 1. The van der Waals surface area contributed by atoms with Gasteiger partial charge in [0.25, 0.3) is 0 Å². The molecular weight excluding hydrogens is 342 g/mol. The Hall–Kier alpha value is -3.02. The zero-order valence-corrected chi connectivity index (χ0v) is 15.6. The molecule has 0 radical (unpaired) electrons. The highest BCUT2D eigenvalue weighted by atomic mass is 16.2. The molecule has 0 aliphatic carbocycles. The molecule has 0 fully saturated rings. The first kappa shape index (κ1) is 18.8. The molecule has 0 bridgehead atoms. The van der Waals surface area contributed by atoms with Crippen LogP contribution >= 0.6 is 0 Å². The number of nitrogens with one attached hydrogen (secondary N) is 1. The van der Waals surface area contributed by atoms with Crippen LogP contribution in [0.3, 0.4) is 0 Å². The number of carbonyl (C=O) groups is 3. The first-order valence-electron chi connectivity index (χ1n) is 9.13. The van der Waals surface area contributed by atoms with Crippen LogP contribution in [0.5, 0.6) is 0 Å². The fraction of sp³-hybridized carbons (Fsp3) is 0.333. The van der Waals surface area contributed by atoms with E-state index in [2.05, 4.69) is 10.3 Å². The molecule has 1 aromatic carbocycles. The Kier molecular flexibility index (Phi) is 5.64. The number of amides is 2. The Morgan fingerprint density at radius 2 is 2.00 bits per heavy atom. The monoisotopic (exact) mass is 365 g/mol. The fourth-order valence-corrected chi connectivity index (χ4v) is 3.14. The van der Waals surface area contributed by atoms with Crippen LogP contribution < -0.4 is 10.2 Å². The summed E-state index contributed by atoms with van der Waals surface area (Å²) in [6.07, 6.45) is 4.14. The third-order valence-electron chi connectivity index (χ3n) is 4.58. The van der Waals surface area contributed by atoms with E-state index >= 15 is 0 Å². The normalized spacial score (nSPS) is 12.8. The molecular formula is C21H23N3O3. The quantitative estimate of drug-likeness (QED) is 0.797. The van der Waals surface area contributed by atoms with Gasteiger partial charge in [-0.25, -0.2) is 0 Å². The number of Topliss-reactive ketones (excluding diaryl/α,β-unsaturated/α-hetero) is 1. The lowest BCUT2D eigenvalue weighted by atomic mass is 10.1. The smallest absolute Gasteiger partial charge is 0.229 e. The summed E-state index contributed by atoms with van der Waals surface area (Å²) in [6.45, 7) is 4.45. The van der Waals surface area contributed by atoms with Crippen molar-refractivity contribution in [3.05, 3.63) is 53.9 Å². The third-order valence-corrected chi connectivity index (χ3v) is 4.58. The Balaban J connectivity index is 1.58. The molecule has 0 spiro atoms. The van der Waals surface area contributed by atoms with Gasteiger partial charge in [0.15, 0.2) is 5.78 Å². The minimum Gasteiger partial charge on any atom is -0.326 e. The van der Waals surface area contributed by atoms with Crippen molar-refractivity contribution in [1.29, 1.82) is 0 Å². The number of pyridine rings is 1. The molecule has 6 heteroatoms. The highest BCUT2D eigenvalue weighted by Gasteiger charge is 2.26.